The fourth-order valence-electron chi connectivity index (χ4n) is 1.42. The third kappa shape index (κ3) is 1.37. The summed E-state index contributed by atoms with van der Waals surface area (Å²) in [5.41, 5.74) is 1.76. The van der Waals surface area contributed by atoms with Crippen LogP contribution in [-0.4, -0.2) is 29.3 Å². The first kappa shape index (κ1) is 8.81. The Hall–Kier alpha value is -1.77. The van der Waals surface area contributed by atoms with E-state index in [-0.39, 0.29) is 5.91 Å². The number of hydrogen-bond donors (Lipinski definition) is 0. The first-order valence-corrected chi connectivity index (χ1v) is 4.47. The average molecular weight is 188 g/mol. The largest absolute Gasteiger partial charge is 0.345 e. The van der Waals surface area contributed by atoms with Gasteiger partial charge in [-0.2, -0.15) is 0 Å². The number of carbonyl (C=O) groups is 1. The lowest BCUT2D eigenvalue weighted by atomic mass is 10.2. The summed E-state index contributed by atoms with van der Waals surface area (Å²) in [7, 11) is 3.51. The van der Waals surface area contributed by atoms with Gasteiger partial charge < -0.3 is 9.30 Å². The predicted molar refractivity (Wildman–Crippen MR) is 55.4 cm³/mol. The highest BCUT2D eigenvalue weighted by atomic mass is 16.2. The fraction of sp³-hybridized carbons (Fsp3) is 0.182. The van der Waals surface area contributed by atoms with Crippen LogP contribution in [0.2, 0.25) is 0 Å². The summed E-state index contributed by atoms with van der Waals surface area (Å²) in [6.45, 7) is 0. The van der Waals surface area contributed by atoms with E-state index in [1.807, 2.05) is 41.1 Å². The molecule has 14 heavy (non-hydrogen) atoms. The predicted octanol–water partition coefficient (Wildman–Crippen LogP) is 1.64. The minimum Gasteiger partial charge on any atom is -0.345 e. The molecule has 0 aromatic carbocycles. The van der Waals surface area contributed by atoms with Crippen LogP contribution in [0, 0.1) is 0 Å². The molecule has 0 fully saturated rings. The number of hydrogen-bond acceptors (Lipinski definition) is 1. The molecule has 0 atom stereocenters. The number of rotatable bonds is 1. The fourth-order valence-corrected chi connectivity index (χ4v) is 1.42. The molecule has 2 heterocycles. The Morgan fingerprint density at radius 2 is 2.07 bits per heavy atom. The van der Waals surface area contributed by atoms with Crippen LogP contribution in [0.1, 0.15) is 10.4 Å². The van der Waals surface area contributed by atoms with Crippen LogP contribution in [0.15, 0.2) is 36.7 Å². The van der Waals surface area contributed by atoms with Gasteiger partial charge in [-0.25, -0.2) is 0 Å². The topological polar surface area (TPSA) is 24.7 Å². The van der Waals surface area contributed by atoms with Crippen molar-refractivity contribution in [2.45, 2.75) is 0 Å². The van der Waals surface area contributed by atoms with E-state index < -0.39 is 0 Å². The molecule has 2 aromatic heterocycles. The van der Waals surface area contributed by atoms with Crippen molar-refractivity contribution in [3.8, 4) is 0 Å². The highest BCUT2D eigenvalue weighted by Crippen LogP contribution is 2.09. The van der Waals surface area contributed by atoms with Gasteiger partial charge in [0.25, 0.3) is 5.91 Å². The lowest BCUT2D eigenvalue weighted by Crippen LogP contribution is -2.21. The molecule has 3 nitrogen and oxygen atoms in total. The first-order chi connectivity index (χ1) is 6.68. The maximum atomic E-state index is 11.6. The SMILES string of the molecule is CN(C)C(=O)c1ccn2cccc2c1. The molecule has 0 bridgehead atoms. The van der Waals surface area contributed by atoms with Crippen molar-refractivity contribution >= 4 is 11.4 Å². The first-order valence-electron chi connectivity index (χ1n) is 4.47. The van der Waals surface area contributed by atoms with Crippen molar-refractivity contribution in [2.24, 2.45) is 0 Å². The van der Waals surface area contributed by atoms with E-state index in [2.05, 4.69) is 0 Å². The van der Waals surface area contributed by atoms with Gasteiger partial charge in [-0.05, 0) is 24.3 Å². The Kier molecular flexibility index (Phi) is 2.00. The molecule has 72 valence electrons. The summed E-state index contributed by atoms with van der Waals surface area (Å²) >= 11 is 0. The maximum Gasteiger partial charge on any atom is 0.253 e. The average Bonchev–Trinajstić information content (AvgIpc) is 2.62. The third-order valence-corrected chi connectivity index (χ3v) is 2.18. The lowest BCUT2D eigenvalue weighted by Gasteiger charge is -2.10. The third-order valence-electron chi connectivity index (χ3n) is 2.18. The number of aromatic nitrogens is 1. The molecule has 0 spiro atoms. The zero-order chi connectivity index (χ0) is 10.1. The molecule has 1 amide bonds. The number of carbonyl (C=O) groups excluding carboxylic acids is 1. The molecule has 0 aliphatic heterocycles. The molecule has 3 heteroatoms. The van der Waals surface area contributed by atoms with Gasteiger partial charge >= 0.3 is 0 Å². The minimum absolute atomic E-state index is 0.0358. The number of pyridine rings is 1. The van der Waals surface area contributed by atoms with Crippen molar-refractivity contribution in [3.05, 3.63) is 42.2 Å². The van der Waals surface area contributed by atoms with E-state index in [1.54, 1.807) is 19.0 Å². The molecule has 0 saturated carbocycles. The number of amides is 1. The van der Waals surface area contributed by atoms with Crippen LogP contribution < -0.4 is 0 Å². The molecule has 0 aliphatic carbocycles. The van der Waals surface area contributed by atoms with Crippen LogP contribution in [-0.2, 0) is 0 Å². The molecular weight excluding hydrogens is 176 g/mol. The molecular formula is C11H12N2O. The summed E-state index contributed by atoms with van der Waals surface area (Å²) in [5.74, 6) is 0.0358. The number of fused-ring (bicyclic) bond motifs is 1. The van der Waals surface area contributed by atoms with Crippen LogP contribution in [0.5, 0.6) is 0 Å². The van der Waals surface area contributed by atoms with Crippen molar-refractivity contribution in [1.29, 1.82) is 0 Å². The van der Waals surface area contributed by atoms with Crippen LogP contribution in [0.4, 0.5) is 0 Å². The lowest BCUT2D eigenvalue weighted by molar-refractivity contribution is 0.0827. The second-order valence-electron chi connectivity index (χ2n) is 3.46. The second-order valence-corrected chi connectivity index (χ2v) is 3.46. The van der Waals surface area contributed by atoms with Crippen LogP contribution in [0.25, 0.3) is 5.52 Å². The smallest absolute Gasteiger partial charge is 0.253 e. The molecule has 0 saturated heterocycles. The molecule has 0 N–H and O–H groups in total. The Morgan fingerprint density at radius 3 is 2.79 bits per heavy atom. The molecule has 0 unspecified atom stereocenters. The van der Waals surface area contributed by atoms with Gasteiger partial charge in [0, 0.05) is 37.6 Å². The van der Waals surface area contributed by atoms with Gasteiger partial charge in [0.05, 0.1) is 0 Å². The molecule has 2 rings (SSSR count). The van der Waals surface area contributed by atoms with E-state index in [9.17, 15) is 4.79 Å². The van der Waals surface area contributed by atoms with E-state index in [0.717, 1.165) is 11.1 Å². The van der Waals surface area contributed by atoms with Crippen molar-refractivity contribution < 1.29 is 4.79 Å². The van der Waals surface area contributed by atoms with E-state index in [4.69, 9.17) is 0 Å². The summed E-state index contributed by atoms with van der Waals surface area (Å²) in [6, 6.07) is 7.66. The van der Waals surface area contributed by atoms with E-state index >= 15 is 0 Å². The Morgan fingerprint density at radius 1 is 1.29 bits per heavy atom. The van der Waals surface area contributed by atoms with Crippen molar-refractivity contribution in [3.63, 3.8) is 0 Å². The summed E-state index contributed by atoms with van der Waals surface area (Å²) in [4.78, 5) is 13.2. The monoisotopic (exact) mass is 188 g/mol. The molecule has 0 radical (unpaired) electrons. The second kappa shape index (κ2) is 3.18. The highest BCUT2D eigenvalue weighted by Gasteiger charge is 2.07. The van der Waals surface area contributed by atoms with Crippen LogP contribution >= 0.6 is 0 Å². The van der Waals surface area contributed by atoms with Gasteiger partial charge in [0.1, 0.15) is 0 Å². The zero-order valence-electron chi connectivity index (χ0n) is 8.27. The summed E-state index contributed by atoms with van der Waals surface area (Å²) in [6.07, 6.45) is 3.85. The Balaban J connectivity index is 2.48. The standard InChI is InChI=1S/C11H12N2O/c1-12(2)11(14)9-5-7-13-6-3-4-10(13)8-9/h3-8H,1-2H3. The Bertz CT molecular complexity index is 471. The highest BCUT2D eigenvalue weighted by molar-refractivity contribution is 5.94. The quantitative estimate of drug-likeness (QED) is 0.667. The van der Waals surface area contributed by atoms with Gasteiger partial charge in [-0.1, -0.05) is 0 Å². The van der Waals surface area contributed by atoms with Gasteiger partial charge in [-0.15, -0.1) is 0 Å². The summed E-state index contributed by atoms with van der Waals surface area (Å²) in [5, 5.41) is 0. The van der Waals surface area contributed by atoms with Crippen LogP contribution in [0.3, 0.4) is 0 Å². The van der Waals surface area contributed by atoms with E-state index in [0.29, 0.717) is 0 Å². The summed E-state index contributed by atoms with van der Waals surface area (Å²) < 4.78 is 1.98. The zero-order valence-corrected chi connectivity index (χ0v) is 8.27. The van der Waals surface area contributed by atoms with Crippen molar-refractivity contribution in [1.82, 2.24) is 9.30 Å². The molecule has 0 aliphatic rings. The normalized spacial score (nSPS) is 10.4. The maximum absolute atomic E-state index is 11.6. The van der Waals surface area contributed by atoms with Crippen molar-refractivity contribution in [2.75, 3.05) is 14.1 Å². The number of nitrogens with zero attached hydrogens (tertiary/aromatic N) is 2. The molecule has 2 aromatic rings. The van der Waals surface area contributed by atoms with Gasteiger partial charge in [0.15, 0.2) is 0 Å². The van der Waals surface area contributed by atoms with Gasteiger partial charge in [0.2, 0.25) is 0 Å². The minimum atomic E-state index is 0.0358. The Labute approximate surface area is 82.6 Å². The van der Waals surface area contributed by atoms with Gasteiger partial charge in [-0.3, -0.25) is 4.79 Å². The van der Waals surface area contributed by atoms with E-state index in [1.165, 1.54) is 0 Å².